The average Bonchev–Trinajstić information content (AvgIpc) is 3.15. The maximum absolute atomic E-state index is 12.6. The van der Waals surface area contributed by atoms with Crippen LogP contribution in [-0.2, 0) is 24.1 Å². The number of nitrogens with one attached hydrogen (secondary N) is 2. The number of hydrogen-bond donors (Lipinski definition) is 2. The average molecular weight is 472 g/mol. The lowest BCUT2D eigenvalue weighted by Crippen LogP contribution is -2.16. The Morgan fingerprint density at radius 1 is 1.00 bits per heavy atom. The minimum Gasteiger partial charge on any atom is -0.355 e. The van der Waals surface area contributed by atoms with Gasteiger partial charge in [-0.15, -0.1) is 0 Å². The lowest BCUT2D eigenvalue weighted by molar-refractivity contribution is 0.602. The largest absolute Gasteiger partial charge is 0.355 e. The van der Waals surface area contributed by atoms with Crippen LogP contribution in [0, 0.1) is 0 Å². The van der Waals surface area contributed by atoms with Crippen LogP contribution in [0.4, 0.5) is 17.1 Å². The molecule has 2 heterocycles. The van der Waals surface area contributed by atoms with Gasteiger partial charge in [0.15, 0.2) is 0 Å². The fraction of sp³-hybridized carbons (Fsp3) is 0.182. The van der Waals surface area contributed by atoms with E-state index in [1.807, 2.05) is 12.1 Å². The molecule has 2 aromatic carbocycles. The summed E-state index contributed by atoms with van der Waals surface area (Å²) >= 11 is 6.00. The number of aryl methyl sites for hydroxylation is 2. The van der Waals surface area contributed by atoms with E-state index in [0.717, 1.165) is 11.4 Å². The second kappa shape index (κ2) is 8.33. The van der Waals surface area contributed by atoms with Crippen molar-refractivity contribution in [3.05, 3.63) is 70.2 Å². The van der Waals surface area contributed by atoms with Gasteiger partial charge < -0.3 is 9.88 Å². The number of halogens is 1. The highest BCUT2D eigenvalue weighted by Gasteiger charge is 2.17. The smallest absolute Gasteiger partial charge is 0.261 e. The van der Waals surface area contributed by atoms with E-state index >= 15 is 0 Å². The normalized spacial score (nSPS) is 11.6. The van der Waals surface area contributed by atoms with E-state index in [1.54, 1.807) is 68.4 Å². The van der Waals surface area contributed by atoms with Gasteiger partial charge in [-0.1, -0.05) is 11.6 Å². The van der Waals surface area contributed by atoms with Gasteiger partial charge in [0.2, 0.25) is 10.0 Å². The first-order valence-electron chi connectivity index (χ1n) is 9.87. The van der Waals surface area contributed by atoms with Gasteiger partial charge in [-0.2, -0.15) is 5.10 Å². The molecule has 0 aliphatic carbocycles. The summed E-state index contributed by atoms with van der Waals surface area (Å²) in [4.78, 5) is 12.6. The topological polar surface area (TPSA) is 98.0 Å². The number of benzene rings is 2. The van der Waals surface area contributed by atoms with Crippen LogP contribution in [0.2, 0.25) is 5.02 Å². The molecule has 4 rings (SSSR count). The summed E-state index contributed by atoms with van der Waals surface area (Å²) in [5, 5.41) is 8.94. The number of sulfonamides is 1. The van der Waals surface area contributed by atoms with Crippen molar-refractivity contribution in [1.82, 2.24) is 14.3 Å². The van der Waals surface area contributed by atoms with E-state index in [9.17, 15) is 13.2 Å². The quantitative estimate of drug-likeness (QED) is 0.441. The van der Waals surface area contributed by atoms with Gasteiger partial charge in [0, 0.05) is 59.7 Å². The van der Waals surface area contributed by atoms with Crippen molar-refractivity contribution in [2.24, 2.45) is 14.1 Å². The summed E-state index contributed by atoms with van der Waals surface area (Å²) in [6, 6.07) is 12.4. The van der Waals surface area contributed by atoms with Crippen LogP contribution in [0.15, 0.2) is 59.7 Å². The van der Waals surface area contributed by atoms with E-state index in [4.69, 9.17) is 11.6 Å². The van der Waals surface area contributed by atoms with Crippen LogP contribution in [0.1, 0.15) is 6.92 Å². The summed E-state index contributed by atoms with van der Waals surface area (Å²) in [6.07, 6.45) is 3.38. The molecule has 0 aliphatic heterocycles. The van der Waals surface area contributed by atoms with Gasteiger partial charge in [0.1, 0.15) is 5.52 Å². The molecule has 0 spiro atoms. The molecule has 0 atom stereocenters. The summed E-state index contributed by atoms with van der Waals surface area (Å²) in [7, 11) is -0.0346. The third-order valence-electron chi connectivity index (χ3n) is 5.04. The third kappa shape index (κ3) is 4.35. The van der Waals surface area contributed by atoms with E-state index < -0.39 is 10.0 Å². The Balaban J connectivity index is 1.93. The van der Waals surface area contributed by atoms with E-state index in [0.29, 0.717) is 32.7 Å². The van der Waals surface area contributed by atoms with Crippen LogP contribution in [-0.4, -0.2) is 28.5 Å². The molecule has 0 unspecified atom stereocenters. The van der Waals surface area contributed by atoms with Gasteiger partial charge in [-0.05, 0) is 49.4 Å². The molecular formula is C22H22ClN5O3S. The molecule has 0 amide bonds. The predicted octanol–water partition coefficient (Wildman–Crippen LogP) is 4.10. The molecule has 0 radical (unpaired) electrons. The van der Waals surface area contributed by atoms with E-state index in [1.165, 1.54) is 4.57 Å². The van der Waals surface area contributed by atoms with Gasteiger partial charge in [-0.25, -0.2) is 8.42 Å². The highest BCUT2D eigenvalue weighted by Crippen LogP contribution is 2.36. The molecule has 0 bridgehead atoms. The predicted molar refractivity (Wildman–Crippen MR) is 129 cm³/mol. The lowest BCUT2D eigenvalue weighted by atomic mass is 10.0. The molecule has 2 aromatic heterocycles. The summed E-state index contributed by atoms with van der Waals surface area (Å²) in [6.45, 7) is 1.57. The Morgan fingerprint density at radius 2 is 1.69 bits per heavy atom. The van der Waals surface area contributed by atoms with Crippen LogP contribution in [0.5, 0.6) is 0 Å². The zero-order valence-electron chi connectivity index (χ0n) is 17.8. The van der Waals surface area contributed by atoms with Crippen molar-refractivity contribution in [2.75, 3.05) is 15.8 Å². The molecule has 4 aromatic rings. The minimum absolute atomic E-state index is 0.0442. The highest BCUT2D eigenvalue weighted by molar-refractivity contribution is 7.92. The van der Waals surface area contributed by atoms with Gasteiger partial charge in [0.05, 0.1) is 11.1 Å². The standard InChI is InChI=1S/C22H22ClN5O3S/c1-4-32(30,31)26-16-9-10-20(24-15-7-5-14(23)6-8-15)17(11-16)18-12-27(2)22(29)19-13-28(3)25-21(18)19/h5-13,24,26H,4H2,1-3H3. The van der Waals surface area contributed by atoms with Gasteiger partial charge >= 0.3 is 0 Å². The fourth-order valence-corrected chi connectivity index (χ4v) is 4.18. The zero-order chi connectivity index (χ0) is 23.0. The Kier molecular flexibility index (Phi) is 5.70. The van der Waals surface area contributed by atoms with Crippen LogP contribution < -0.4 is 15.6 Å². The molecule has 166 valence electrons. The van der Waals surface area contributed by atoms with Crippen LogP contribution in [0.25, 0.3) is 22.0 Å². The monoisotopic (exact) mass is 471 g/mol. The first-order valence-corrected chi connectivity index (χ1v) is 11.9. The number of rotatable bonds is 6. The Bertz CT molecular complexity index is 1470. The highest BCUT2D eigenvalue weighted by atomic mass is 35.5. The number of hydrogen-bond acceptors (Lipinski definition) is 5. The van der Waals surface area contributed by atoms with Crippen molar-refractivity contribution in [1.29, 1.82) is 0 Å². The van der Waals surface area contributed by atoms with Crippen molar-refractivity contribution in [2.45, 2.75) is 6.92 Å². The fourth-order valence-electron chi connectivity index (χ4n) is 3.42. The van der Waals surface area contributed by atoms with Gasteiger partial charge in [0.25, 0.3) is 5.56 Å². The molecule has 10 heteroatoms. The number of anilines is 3. The maximum atomic E-state index is 12.6. The van der Waals surface area contributed by atoms with E-state index in [-0.39, 0.29) is 11.3 Å². The summed E-state index contributed by atoms with van der Waals surface area (Å²) in [5.41, 5.74) is 3.70. The minimum atomic E-state index is -3.46. The molecule has 8 nitrogen and oxygen atoms in total. The second-order valence-electron chi connectivity index (χ2n) is 7.42. The first kappa shape index (κ1) is 21.9. The Hall–Kier alpha value is -3.30. The van der Waals surface area contributed by atoms with Gasteiger partial charge in [-0.3, -0.25) is 14.2 Å². The van der Waals surface area contributed by atoms with Crippen molar-refractivity contribution < 1.29 is 8.42 Å². The molecule has 2 N–H and O–H groups in total. The van der Waals surface area contributed by atoms with Crippen molar-refractivity contribution in [3.8, 4) is 11.1 Å². The SMILES string of the molecule is CCS(=O)(=O)Nc1ccc(Nc2ccc(Cl)cc2)c(-c2cn(C)c(=O)c3cn(C)nc23)c1. The first-order chi connectivity index (χ1) is 15.2. The Morgan fingerprint density at radius 3 is 2.38 bits per heavy atom. The molecule has 0 fully saturated rings. The van der Waals surface area contributed by atoms with Crippen LogP contribution >= 0.6 is 11.6 Å². The summed E-state index contributed by atoms with van der Waals surface area (Å²) < 4.78 is 29.9. The zero-order valence-corrected chi connectivity index (χ0v) is 19.3. The van der Waals surface area contributed by atoms with Crippen molar-refractivity contribution >= 4 is 49.6 Å². The molecule has 32 heavy (non-hydrogen) atoms. The Labute approximate surface area is 190 Å². The van der Waals surface area contributed by atoms with Crippen LogP contribution in [0.3, 0.4) is 0 Å². The molecule has 0 saturated carbocycles. The van der Waals surface area contributed by atoms with Crippen molar-refractivity contribution in [3.63, 3.8) is 0 Å². The number of aromatic nitrogens is 3. The number of pyridine rings is 1. The summed E-state index contributed by atoms with van der Waals surface area (Å²) in [5.74, 6) is -0.0442. The molecule has 0 saturated heterocycles. The third-order valence-corrected chi connectivity index (χ3v) is 6.60. The number of fused-ring (bicyclic) bond motifs is 1. The number of nitrogens with zero attached hydrogens (tertiary/aromatic N) is 3. The molecular weight excluding hydrogens is 450 g/mol. The maximum Gasteiger partial charge on any atom is 0.261 e. The van der Waals surface area contributed by atoms with E-state index in [2.05, 4.69) is 15.1 Å². The molecule has 0 aliphatic rings. The lowest BCUT2D eigenvalue weighted by Gasteiger charge is -2.16. The second-order valence-corrected chi connectivity index (χ2v) is 9.87.